The van der Waals surface area contributed by atoms with Gasteiger partial charge in [0.1, 0.15) is 5.75 Å². The van der Waals surface area contributed by atoms with Crippen molar-refractivity contribution in [2.24, 2.45) is 0 Å². The molecule has 3 rings (SSSR count). The van der Waals surface area contributed by atoms with E-state index in [4.69, 9.17) is 4.74 Å². The molecule has 0 bridgehead atoms. The largest absolute Gasteiger partial charge is 0.493 e. The first-order valence-electron chi connectivity index (χ1n) is 8.41. The van der Waals surface area contributed by atoms with Crippen LogP contribution in [0.5, 0.6) is 5.75 Å². The molecule has 0 unspecified atom stereocenters. The van der Waals surface area contributed by atoms with Crippen LogP contribution in [0.25, 0.3) is 0 Å². The van der Waals surface area contributed by atoms with Gasteiger partial charge in [-0.1, -0.05) is 35.9 Å². The maximum Gasteiger partial charge on any atom is 0.251 e. The zero-order valence-corrected chi connectivity index (χ0v) is 14.5. The van der Waals surface area contributed by atoms with Crippen LogP contribution < -0.4 is 15.4 Å². The van der Waals surface area contributed by atoms with Gasteiger partial charge in [0.2, 0.25) is 5.91 Å². The van der Waals surface area contributed by atoms with Crippen molar-refractivity contribution in [2.45, 2.75) is 26.3 Å². The number of carbonyl (C=O) groups is 2. The quantitative estimate of drug-likeness (QED) is 0.901. The van der Waals surface area contributed by atoms with Crippen molar-refractivity contribution in [2.75, 3.05) is 13.2 Å². The van der Waals surface area contributed by atoms with Crippen LogP contribution in [0.1, 0.15) is 39.5 Å². The van der Waals surface area contributed by atoms with Crippen LogP contribution in [0.15, 0.2) is 42.5 Å². The number of carbonyl (C=O) groups excluding carboxylic acids is 2. The Kier molecular flexibility index (Phi) is 5.03. The molecule has 2 aromatic carbocycles. The Morgan fingerprint density at radius 1 is 1.16 bits per heavy atom. The fourth-order valence-electron chi connectivity index (χ4n) is 3.12. The maximum atomic E-state index is 12.3. The van der Waals surface area contributed by atoms with Gasteiger partial charge in [-0.2, -0.15) is 0 Å². The van der Waals surface area contributed by atoms with Gasteiger partial charge < -0.3 is 15.4 Å². The molecule has 1 aliphatic rings. The summed E-state index contributed by atoms with van der Waals surface area (Å²) < 4.78 is 5.76. The Morgan fingerprint density at radius 3 is 2.68 bits per heavy atom. The van der Waals surface area contributed by atoms with Gasteiger partial charge in [-0.05, 0) is 31.5 Å². The van der Waals surface area contributed by atoms with E-state index in [1.165, 1.54) is 0 Å². The molecule has 25 heavy (non-hydrogen) atoms. The van der Waals surface area contributed by atoms with E-state index in [0.29, 0.717) is 18.6 Å². The predicted octanol–water partition coefficient (Wildman–Crippen LogP) is 2.67. The molecule has 1 aliphatic heterocycles. The highest BCUT2D eigenvalue weighted by atomic mass is 16.5. The van der Waals surface area contributed by atoms with Crippen LogP contribution >= 0.6 is 0 Å². The summed E-state index contributed by atoms with van der Waals surface area (Å²) in [5.74, 6) is 0.395. The van der Waals surface area contributed by atoms with Gasteiger partial charge in [-0.3, -0.25) is 9.59 Å². The number of hydrogen-bond acceptors (Lipinski definition) is 3. The molecule has 0 aliphatic carbocycles. The van der Waals surface area contributed by atoms with Crippen molar-refractivity contribution in [3.05, 3.63) is 64.7 Å². The Balaban J connectivity index is 1.62. The van der Waals surface area contributed by atoms with Gasteiger partial charge in [0.05, 0.1) is 19.2 Å². The third-order valence-corrected chi connectivity index (χ3v) is 4.26. The number of amides is 2. The minimum absolute atomic E-state index is 0.0504. The first-order valence-corrected chi connectivity index (χ1v) is 8.41. The van der Waals surface area contributed by atoms with Crippen molar-refractivity contribution in [1.82, 2.24) is 10.6 Å². The maximum absolute atomic E-state index is 12.3. The second kappa shape index (κ2) is 7.38. The van der Waals surface area contributed by atoms with Crippen molar-refractivity contribution in [3.8, 4) is 5.75 Å². The minimum atomic E-state index is -0.255. The Morgan fingerprint density at radius 2 is 1.92 bits per heavy atom. The monoisotopic (exact) mass is 338 g/mol. The van der Waals surface area contributed by atoms with E-state index in [9.17, 15) is 9.59 Å². The molecule has 0 aromatic heterocycles. The predicted molar refractivity (Wildman–Crippen MR) is 95.7 cm³/mol. The third kappa shape index (κ3) is 3.99. The van der Waals surface area contributed by atoms with E-state index in [0.717, 1.165) is 22.4 Å². The van der Waals surface area contributed by atoms with Crippen LogP contribution in [0.4, 0.5) is 0 Å². The first-order chi connectivity index (χ1) is 12.0. The molecule has 5 heteroatoms. The van der Waals surface area contributed by atoms with Gasteiger partial charge in [0.25, 0.3) is 5.91 Å². The number of nitrogens with one attached hydrogen (secondary N) is 2. The number of aryl methyl sites for hydroxylation is 2. The van der Waals surface area contributed by atoms with Crippen molar-refractivity contribution in [1.29, 1.82) is 0 Å². The summed E-state index contributed by atoms with van der Waals surface area (Å²) >= 11 is 0. The van der Waals surface area contributed by atoms with E-state index >= 15 is 0 Å². The Hall–Kier alpha value is -2.82. The van der Waals surface area contributed by atoms with Crippen LogP contribution in [-0.4, -0.2) is 25.0 Å². The molecule has 5 nitrogen and oxygen atoms in total. The van der Waals surface area contributed by atoms with E-state index in [1.807, 2.05) is 19.9 Å². The molecular weight excluding hydrogens is 316 g/mol. The highest BCUT2D eigenvalue weighted by Crippen LogP contribution is 2.35. The summed E-state index contributed by atoms with van der Waals surface area (Å²) in [6, 6.07) is 12.9. The normalized spacial score (nSPS) is 15.7. The summed E-state index contributed by atoms with van der Waals surface area (Å²) in [7, 11) is 0. The third-order valence-electron chi connectivity index (χ3n) is 4.26. The smallest absolute Gasteiger partial charge is 0.251 e. The lowest BCUT2D eigenvalue weighted by Crippen LogP contribution is -2.40. The molecule has 2 N–H and O–H groups in total. The van der Waals surface area contributed by atoms with Crippen molar-refractivity contribution in [3.63, 3.8) is 0 Å². The second-order valence-corrected chi connectivity index (χ2v) is 6.31. The lowest BCUT2D eigenvalue weighted by Gasteiger charge is -2.28. The van der Waals surface area contributed by atoms with Gasteiger partial charge in [0, 0.05) is 17.5 Å². The van der Waals surface area contributed by atoms with Gasteiger partial charge in [-0.25, -0.2) is 0 Å². The molecule has 0 radical (unpaired) electrons. The zero-order valence-electron chi connectivity index (χ0n) is 14.5. The molecule has 1 atom stereocenters. The molecule has 0 saturated carbocycles. The molecule has 1 heterocycles. The fraction of sp³-hybridized carbons (Fsp3) is 0.300. The summed E-state index contributed by atoms with van der Waals surface area (Å²) in [6.07, 6.45) is 0.717. The molecule has 0 spiro atoms. The Labute approximate surface area is 147 Å². The number of fused-ring (bicyclic) bond motifs is 1. The Bertz CT molecular complexity index is 787. The van der Waals surface area contributed by atoms with E-state index < -0.39 is 0 Å². The molecule has 130 valence electrons. The lowest BCUT2D eigenvalue weighted by molar-refractivity contribution is -0.121. The summed E-state index contributed by atoms with van der Waals surface area (Å²) in [5.41, 5.74) is 3.76. The first kappa shape index (κ1) is 17.0. The molecule has 2 aromatic rings. The SMILES string of the molecule is Cc1cc(C)c2c(c1)[C@H](NC(=O)CNC(=O)c1ccccc1)CCO2. The van der Waals surface area contributed by atoms with Crippen molar-refractivity contribution < 1.29 is 14.3 Å². The molecule has 0 fully saturated rings. The van der Waals surface area contributed by atoms with E-state index in [-0.39, 0.29) is 24.4 Å². The van der Waals surface area contributed by atoms with Gasteiger partial charge in [0.15, 0.2) is 0 Å². The highest BCUT2D eigenvalue weighted by Gasteiger charge is 2.24. The van der Waals surface area contributed by atoms with Crippen LogP contribution in [0.3, 0.4) is 0 Å². The van der Waals surface area contributed by atoms with Crippen LogP contribution in [0, 0.1) is 13.8 Å². The number of rotatable bonds is 4. The molecule has 2 amide bonds. The fourth-order valence-corrected chi connectivity index (χ4v) is 3.12. The highest BCUT2D eigenvalue weighted by molar-refractivity contribution is 5.96. The van der Waals surface area contributed by atoms with Gasteiger partial charge >= 0.3 is 0 Å². The van der Waals surface area contributed by atoms with Crippen LogP contribution in [0.2, 0.25) is 0 Å². The average molecular weight is 338 g/mol. The average Bonchev–Trinajstić information content (AvgIpc) is 2.61. The molecular formula is C20H22N2O3. The number of ether oxygens (including phenoxy) is 1. The summed E-state index contributed by atoms with van der Waals surface area (Å²) in [5, 5.41) is 5.66. The summed E-state index contributed by atoms with van der Waals surface area (Å²) in [6.45, 7) is 4.56. The summed E-state index contributed by atoms with van der Waals surface area (Å²) in [4.78, 5) is 24.3. The van der Waals surface area contributed by atoms with E-state index in [1.54, 1.807) is 24.3 Å². The van der Waals surface area contributed by atoms with Crippen molar-refractivity contribution >= 4 is 11.8 Å². The minimum Gasteiger partial charge on any atom is -0.493 e. The topological polar surface area (TPSA) is 67.4 Å². The van der Waals surface area contributed by atoms with Crippen LogP contribution in [-0.2, 0) is 4.79 Å². The molecule has 0 saturated heterocycles. The number of hydrogen-bond donors (Lipinski definition) is 2. The zero-order chi connectivity index (χ0) is 17.8. The number of benzene rings is 2. The standard InChI is InChI=1S/C20H22N2O3/c1-13-10-14(2)19-16(11-13)17(8-9-25-19)22-18(23)12-21-20(24)15-6-4-3-5-7-15/h3-7,10-11,17H,8-9,12H2,1-2H3,(H,21,24)(H,22,23)/t17-/m1/s1. The van der Waals surface area contributed by atoms with E-state index in [2.05, 4.69) is 22.8 Å². The lowest BCUT2D eigenvalue weighted by atomic mass is 9.95. The van der Waals surface area contributed by atoms with Gasteiger partial charge in [-0.15, -0.1) is 0 Å². The second-order valence-electron chi connectivity index (χ2n) is 6.31.